The summed E-state index contributed by atoms with van der Waals surface area (Å²) in [6.07, 6.45) is 2.14. The Balaban J connectivity index is 1.66. The summed E-state index contributed by atoms with van der Waals surface area (Å²) >= 11 is 5.93. The summed E-state index contributed by atoms with van der Waals surface area (Å²) in [6.45, 7) is 0. The van der Waals surface area contributed by atoms with Crippen molar-refractivity contribution in [3.05, 3.63) is 64.0 Å². The molecular weight excluding hydrogens is 344 g/mol. The Kier molecular flexibility index (Phi) is 3.62. The summed E-state index contributed by atoms with van der Waals surface area (Å²) in [5.41, 5.74) is 3.14. The normalized spacial score (nSPS) is 12.0. The van der Waals surface area contributed by atoms with Crippen LogP contribution in [0.4, 0.5) is 5.69 Å². The maximum absolute atomic E-state index is 11.4. The average molecular weight is 355 g/mol. The molecule has 0 amide bonds. The maximum Gasteiger partial charge on any atom is 0.323 e. The van der Waals surface area contributed by atoms with Crippen LogP contribution < -0.4 is 11.0 Å². The SMILES string of the molecule is O=CC(=CNc1ccc2[nH]c(=O)[nH]c2c1)c1nc2cc(Cl)ccc2o1. The van der Waals surface area contributed by atoms with E-state index in [0.29, 0.717) is 39.1 Å². The molecule has 3 N–H and O–H groups in total. The van der Waals surface area contributed by atoms with Crippen LogP contribution >= 0.6 is 11.6 Å². The van der Waals surface area contributed by atoms with Gasteiger partial charge in [0.15, 0.2) is 11.9 Å². The largest absolute Gasteiger partial charge is 0.436 e. The number of carbonyl (C=O) groups is 1. The molecule has 0 saturated heterocycles. The van der Waals surface area contributed by atoms with Crippen LogP contribution in [-0.4, -0.2) is 21.2 Å². The first kappa shape index (κ1) is 15.2. The molecule has 2 aromatic heterocycles. The van der Waals surface area contributed by atoms with Crippen molar-refractivity contribution in [3.8, 4) is 0 Å². The van der Waals surface area contributed by atoms with Gasteiger partial charge in [-0.05, 0) is 36.4 Å². The summed E-state index contributed by atoms with van der Waals surface area (Å²) in [5, 5.41) is 3.53. The fourth-order valence-electron chi connectivity index (χ4n) is 2.45. The molecule has 0 spiro atoms. The number of aromatic nitrogens is 3. The Labute approximate surface area is 145 Å². The second kappa shape index (κ2) is 5.95. The van der Waals surface area contributed by atoms with Crippen molar-refractivity contribution < 1.29 is 9.21 Å². The number of halogens is 1. The van der Waals surface area contributed by atoms with Crippen LogP contribution in [0, 0.1) is 0 Å². The monoisotopic (exact) mass is 354 g/mol. The topological polar surface area (TPSA) is 104 Å². The van der Waals surface area contributed by atoms with Gasteiger partial charge in [-0.15, -0.1) is 0 Å². The standard InChI is InChI=1S/C17H11ClN4O3/c18-10-1-4-15-14(5-10)20-16(25-15)9(8-23)7-19-11-2-3-12-13(6-11)22-17(24)21-12/h1-8,19H,(H2,21,22,24). The molecule has 4 aromatic rings. The lowest BCUT2D eigenvalue weighted by molar-refractivity contribution is -0.103. The van der Waals surface area contributed by atoms with E-state index in [1.807, 2.05) is 0 Å². The van der Waals surface area contributed by atoms with Crippen molar-refractivity contribution in [2.45, 2.75) is 0 Å². The number of hydrogen-bond acceptors (Lipinski definition) is 5. The number of hydrogen-bond donors (Lipinski definition) is 3. The second-order valence-electron chi connectivity index (χ2n) is 5.33. The first-order chi connectivity index (χ1) is 12.1. The molecule has 0 aliphatic heterocycles. The molecule has 0 unspecified atom stereocenters. The van der Waals surface area contributed by atoms with Crippen molar-refractivity contribution in [1.82, 2.24) is 15.0 Å². The van der Waals surface area contributed by atoms with E-state index in [0.717, 1.165) is 0 Å². The molecule has 8 heteroatoms. The molecule has 25 heavy (non-hydrogen) atoms. The van der Waals surface area contributed by atoms with Gasteiger partial charge in [0.25, 0.3) is 0 Å². The predicted molar refractivity (Wildman–Crippen MR) is 95.6 cm³/mol. The summed E-state index contributed by atoms with van der Waals surface area (Å²) < 4.78 is 5.58. The summed E-state index contributed by atoms with van der Waals surface area (Å²) in [5.74, 6) is 0.191. The highest BCUT2D eigenvalue weighted by Crippen LogP contribution is 2.23. The number of imidazole rings is 1. The summed E-state index contributed by atoms with van der Waals surface area (Å²) in [6, 6.07) is 10.3. The molecule has 0 saturated carbocycles. The predicted octanol–water partition coefficient (Wildman–Crippen LogP) is 3.30. The molecule has 0 aliphatic carbocycles. The van der Waals surface area contributed by atoms with Gasteiger partial charge in [0.2, 0.25) is 5.89 Å². The molecule has 124 valence electrons. The number of allylic oxidation sites excluding steroid dienone is 1. The highest BCUT2D eigenvalue weighted by molar-refractivity contribution is 6.31. The third-order valence-electron chi connectivity index (χ3n) is 3.63. The van der Waals surface area contributed by atoms with Crippen molar-refractivity contribution in [2.75, 3.05) is 5.32 Å². The number of rotatable bonds is 4. The Morgan fingerprint density at radius 1 is 1.16 bits per heavy atom. The zero-order valence-corrected chi connectivity index (χ0v) is 13.4. The number of aromatic amines is 2. The van der Waals surface area contributed by atoms with Gasteiger partial charge >= 0.3 is 5.69 Å². The number of benzene rings is 2. The number of anilines is 1. The molecule has 0 aliphatic rings. The number of carbonyl (C=O) groups excluding carboxylic acids is 1. The number of nitrogens with zero attached hydrogens (tertiary/aromatic N) is 1. The second-order valence-corrected chi connectivity index (χ2v) is 5.77. The van der Waals surface area contributed by atoms with E-state index in [1.54, 1.807) is 36.4 Å². The zero-order valence-electron chi connectivity index (χ0n) is 12.7. The third-order valence-corrected chi connectivity index (χ3v) is 3.87. The van der Waals surface area contributed by atoms with Crippen molar-refractivity contribution in [2.24, 2.45) is 0 Å². The van der Waals surface area contributed by atoms with E-state index >= 15 is 0 Å². The smallest absolute Gasteiger partial charge is 0.323 e. The number of aldehydes is 1. The van der Waals surface area contributed by atoms with Crippen LogP contribution in [0.25, 0.3) is 27.7 Å². The fraction of sp³-hybridized carbons (Fsp3) is 0. The molecule has 4 rings (SSSR count). The Hall–Kier alpha value is -3.32. The van der Waals surface area contributed by atoms with Crippen LogP contribution in [0.3, 0.4) is 0 Å². The first-order valence-corrected chi connectivity index (χ1v) is 7.70. The summed E-state index contributed by atoms with van der Waals surface area (Å²) in [4.78, 5) is 32.3. The Morgan fingerprint density at radius 3 is 2.84 bits per heavy atom. The number of oxazole rings is 1. The Bertz CT molecular complexity index is 1190. The molecular formula is C17H11ClN4O3. The van der Waals surface area contributed by atoms with Crippen LogP contribution in [0.5, 0.6) is 0 Å². The van der Waals surface area contributed by atoms with Crippen LogP contribution in [0.15, 0.2) is 51.8 Å². The van der Waals surface area contributed by atoms with E-state index in [9.17, 15) is 9.59 Å². The first-order valence-electron chi connectivity index (χ1n) is 7.33. The van der Waals surface area contributed by atoms with E-state index in [1.165, 1.54) is 6.20 Å². The lowest BCUT2D eigenvalue weighted by atomic mass is 10.2. The molecule has 0 atom stereocenters. The maximum atomic E-state index is 11.4. The van der Waals surface area contributed by atoms with Gasteiger partial charge in [-0.2, -0.15) is 0 Å². The van der Waals surface area contributed by atoms with Gasteiger partial charge in [-0.1, -0.05) is 11.6 Å². The quantitative estimate of drug-likeness (QED) is 0.385. The van der Waals surface area contributed by atoms with Crippen LogP contribution in [0.1, 0.15) is 5.89 Å². The minimum absolute atomic E-state index is 0.191. The lowest BCUT2D eigenvalue weighted by Crippen LogP contribution is -1.99. The molecule has 2 aromatic carbocycles. The number of nitrogens with one attached hydrogen (secondary N) is 3. The molecule has 0 bridgehead atoms. The van der Waals surface area contributed by atoms with Crippen LogP contribution in [-0.2, 0) is 4.79 Å². The minimum atomic E-state index is -0.276. The van der Waals surface area contributed by atoms with Gasteiger partial charge < -0.3 is 19.7 Å². The van der Waals surface area contributed by atoms with Gasteiger partial charge in [0.05, 0.1) is 16.6 Å². The molecule has 0 fully saturated rings. The molecule has 2 heterocycles. The number of H-pyrrole nitrogens is 2. The van der Waals surface area contributed by atoms with Gasteiger partial charge in [0.1, 0.15) is 5.52 Å². The van der Waals surface area contributed by atoms with E-state index in [4.69, 9.17) is 16.0 Å². The lowest BCUT2D eigenvalue weighted by Gasteiger charge is -2.01. The van der Waals surface area contributed by atoms with Crippen molar-refractivity contribution >= 4 is 51.3 Å². The Morgan fingerprint density at radius 2 is 2.00 bits per heavy atom. The highest BCUT2D eigenvalue weighted by atomic mass is 35.5. The minimum Gasteiger partial charge on any atom is -0.436 e. The zero-order chi connectivity index (χ0) is 17.4. The van der Waals surface area contributed by atoms with E-state index < -0.39 is 0 Å². The summed E-state index contributed by atoms with van der Waals surface area (Å²) in [7, 11) is 0. The van der Waals surface area contributed by atoms with Gasteiger partial charge in [0, 0.05) is 16.9 Å². The van der Waals surface area contributed by atoms with Gasteiger partial charge in [-0.25, -0.2) is 9.78 Å². The highest BCUT2D eigenvalue weighted by Gasteiger charge is 2.11. The molecule has 7 nitrogen and oxygen atoms in total. The fourth-order valence-corrected chi connectivity index (χ4v) is 2.62. The van der Waals surface area contributed by atoms with Gasteiger partial charge in [-0.3, -0.25) is 4.79 Å². The van der Waals surface area contributed by atoms with Crippen molar-refractivity contribution in [1.29, 1.82) is 0 Å². The third kappa shape index (κ3) is 2.92. The van der Waals surface area contributed by atoms with E-state index in [-0.39, 0.29) is 17.2 Å². The average Bonchev–Trinajstić information content (AvgIpc) is 3.16. The van der Waals surface area contributed by atoms with Crippen molar-refractivity contribution in [3.63, 3.8) is 0 Å². The molecule has 0 radical (unpaired) electrons. The van der Waals surface area contributed by atoms with Crippen LogP contribution in [0.2, 0.25) is 5.02 Å². The number of fused-ring (bicyclic) bond motifs is 2. The van der Waals surface area contributed by atoms with E-state index in [2.05, 4.69) is 20.3 Å².